The third-order valence-electron chi connectivity index (χ3n) is 7.57. The minimum Gasteiger partial charge on any atom is -0.326 e. The summed E-state index contributed by atoms with van der Waals surface area (Å²) in [6, 6.07) is 4.17. The van der Waals surface area contributed by atoms with Gasteiger partial charge in [-0.05, 0) is 63.7 Å². The number of nitrogens with zero attached hydrogens (tertiary/aromatic N) is 4. The molecule has 0 aromatic carbocycles. The molecule has 2 saturated carbocycles. The van der Waals surface area contributed by atoms with Gasteiger partial charge in [-0.25, -0.2) is 0 Å². The zero-order chi connectivity index (χ0) is 21.1. The SMILES string of the molecule is N#CC1CCCN1C(=O)CNC1CC2CC[C@](NCC(=O)N3CCCC3C#N)(C2)C1. The van der Waals surface area contributed by atoms with Crippen LogP contribution in [-0.2, 0) is 9.59 Å². The topological polar surface area (TPSA) is 112 Å². The van der Waals surface area contributed by atoms with Crippen molar-refractivity contribution in [3.63, 3.8) is 0 Å². The number of nitriles is 2. The van der Waals surface area contributed by atoms with Gasteiger partial charge in [0.15, 0.2) is 0 Å². The van der Waals surface area contributed by atoms with Gasteiger partial charge in [0.05, 0.1) is 25.2 Å². The Morgan fingerprint density at radius 3 is 2.20 bits per heavy atom. The molecule has 162 valence electrons. The Hall–Kier alpha value is -2.16. The van der Waals surface area contributed by atoms with E-state index in [0.717, 1.165) is 57.8 Å². The molecule has 4 unspecified atom stereocenters. The van der Waals surface area contributed by atoms with E-state index in [1.54, 1.807) is 9.80 Å². The van der Waals surface area contributed by atoms with E-state index in [2.05, 4.69) is 22.8 Å². The predicted molar refractivity (Wildman–Crippen MR) is 110 cm³/mol. The molecule has 30 heavy (non-hydrogen) atoms. The van der Waals surface area contributed by atoms with E-state index in [4.69, 9.17) is 0 Å². The summed E-state index contributed by atoms with van der Waals surface area (Å²) in [5.74, 6) is 0.663. The van der Waals surface area contributed by atoms with Crippen molar-refractivity contribution in [2.75, 3.05) is 26.2 Å². The Kier molecular flexibility index (Phi) is 6.26. The number of carbonyl (C=O) groups is 2. The van der Waals surface area contributed by atoms with Gasteiger partial charge in [0.1, 0.15) is 12.1 Å². The van der Waals surface area contributed by atoms with Crippen molar-refractivity contribution < 1.29 is 9.59 Å². The van der Waals surface area contributed by atoms with E-state index in [9.17, 15) is 20.1 Å². The highest BCUT2D eigenvalue weighted by Crippen LogP contribution is 2.45. The molecular weight excluding hydrogens is 380 g/mol. The fraction of sp³-hybridized carbons (Fsp3) is 0.818. The number of hydrogen-bond donors (Lipinski definition) is 2. The summed E-state index contributed by atoms with van der Waals surface area (Å²) in [6.07, 6.45) is 8.62. The lowest BCUT2D eigenvalue weighted by Gasteiger charge is -2.39. The van der Waals surface area contributed by atoms with Gasteiger partial charge in [0.25, 0.3) is 0 Å². The maximum Gasteiger partial charge on any atom is 0.237 e. The normalized spacial score (nSPS) is 35.3. The molecule has 8 nitrogen and oxygen atoms in total. The van der Waals surface area contributed by atoms with Crippen molar-refractivity contribution in [2.24, 2.45) is 5.92 Å². The number of likely N-dealkylation sites (tertiary alicyclic amines) is 2. The summed E-state index contributed by atoms with van der Waals surface area (Å²) in [5.41, 5.74) is -0.0516. The fourth-order valence-electron chi connectivity index (χ4n) is 6.07. The lowest BCUT2D eigenvalue weighted by Crippen LogP contribution is -2.55. The van der Waals surface area contributed by atoms with Crippen LogP contribution in [0.25, 0.3) is 0 Å². The monoisotopic (exact) mass is 412 g/mol. The molecule has 2 bridgehead atoms. The second-order valence-electron chi connectivity index (χ2n) is 9.51. The van der Waals surface area contributed by atoms with Crippen molar-refractivity contribution in [3.05, 3.63) is 0 Å². The van der Waals surface area contributed by atoms with Crippen LogP contribution >= 0.6 is 0 Å². The summed E-state index contributed by atoms with van der Waals surface area (Å²) >= 11 is 0. The first-order chi connectivity index (χ1) is 14.5. The van der Waals surface area contributed by atoms with Crippen LogP contribution in [0.2, 0.25) is 0 Å². The largest absolute Gasteiger partial charge is 0.326 e. The first-order valence-corrected chi connectivity index (χ1v) is 11.4. The molecule has 0 spiro atoms. The highest BCUT2D eigenvalue weighted by Gasteiger charge is 2.46. The summed E-state index contributed by atoms with van der Waals surface area (Å²) in [6.45, 7) is 1.93. The second-order valence-corrected chi connectivity index (χ2v) is 9.51. The average molecular weight is 413 g/mol. The highest BCUT2D eigenvalue weighted by atomic mass is 16.2. The van der Waals surface area contributed by atoms with Gasteiger partial charge in [-0.15, -0.1) is 0 Å². The highest BCUT2D eigenvalue weighted by molar-refractivity contribution is 5.79. The number of amides is 2. The maximum atomic E-state index is 12.7. The third-order valence-corrected chi connectivity index (χ3v) is 7.57. The summed E-state index contributed by atoms with van der Waals surface area (Å²) < 4.78 is 0. The zero-order valence-electron chi connectivity index (χ0n) is 17.6. The van der Waals surface area contributed by atoms with Crippen molar-refractivity contribution in [1.82, 2.24) is 20.4 Å². The van der Waals surface area contributed by atoms with E-state index in [0.29, 0.717) is 19.0 Å². The van der Waals surface area contributed by atoms with Gasteiger partial charge in [0.2, 0.25) is 11.8 Å². The number of hydrogen-bond acceptors (Lipinski definition) is 6. The van der Waals surface area contributed by atoms with Crippen LogP contribution < -0.4 is 10.6 Å². The van der Waals surface area contributed by atoms with Crippen LogP contribution in [0.4, 0.5) is 0 Å². The van der Waals surface area contributed by atoms with Crippen LogP contribution in [0, 0.1) is 28.6 Å². The standard InChI is InChI=1S/C22H32N6O2/c23-12-18-3-1-7-27(18)20(29)14-25-17-9-16-5-6-22(10-16,11-17)26-15-21(30)28-8-2-4-19(28)13-24/h16-19,25-26H,1-11,14-15H2/t16?,17?,18?,19?,22-/m0/s1. The molecule has 4 rings (SSSR count). The molecule has 2 heterocycles. The van der Waals surface area contributed by atoms with Gasteiger partial charge in [0, 0.05) is 24.7 Å². The van der Waals surface area contributed by atoms with Crippen LogP contribution in [0.3, 0.4) is 0 Å². The van der Waals surface area contributed by atoms with Crippen molar-refractivity contribution in [2.45, 2.75) is 81.5 Å². The van der Waals surface area contributed by atoms with Gasteiger partial charge < -0.3 is 20.4 Å². The Morgan fingerprint density at radius 2 is 1.57 bits per heavy atom. The molecule has 2 saturated heterocycles. The van der Waals surface area contributed by atoms with Gasteiger partial charge in [-0.3, -0.25) is 9.59 Å². The Labute approximate surface area is 178 Å². The molecular formula is C22H32N6O2. The second kappa shape index (κ2) is 8.91. The molecule has 0 aromatic heterocycles. The lowest BCUT2D eigenvalue weighted by atomic mass is 9.79. The Balaban J connectivity index is 1.29. The molecule has 2 aliphatic carbocycles. The first-order valence-electron chi connectivity index (χ1n) is 11.4. The molecule has 2 N–H and O–H groups in total. The van der Waals surface area contributed by atoms with Crippen LogP contribution in [0.5, 0.6) is 0 Å². The fourth-order valence-corrected chi connectivity index (χ4v) is 6.07. The zero-order valence-corrected chi connectivity index (χ0v) is 17.6. The van der Waals surface area contributed by atoms with Crippen molar-refractivity contribution in [3.8, 4) is 12.1 Å². The average Bonchev–Trinajstić information content (AvgIpc) is 3.49. The first kappa shape index (κ1) is 21.1. The summed E-state index contributed by atoms with van der Waals surface area (Å²) in [4.78, 5) is 28.6. The van der Waals surface area contributed by atoms with Crippen LogP contribution in [0.15, 0.2) is 0 Å². The number of fused-ring (bicyclic) bond motifs is 2. The minimum absolute atomic E-state index is 0.0192. The lowest BCUT2D eigenvalue weighted by molar-refractivity contribution is -0.131. The third kappa shape index (κ3) is 4.31. The van der Waals surface area contributed by atoms with E-state index in [1.165, 1.54) is 0 Å². The summed E-state index contributed by atoms with van der Waals surface area (Å²) in [7, 11) is 0. The molecule has 4 aliphatic rings. The number of rotatable bonds is 6. The molecule has 8 heteroatoms. The summed E-state index contributed by atoms with van der Waals surface area (Å²) in [5, 5.41) is 25.4. The predicted octanol–water partition coefficient (Wildman–Crippen LogP) is 0.896. The van der Waals surface area contributed by atoms with E-state index in [1.807, 2.05) is 0 Å². The maximum absolute atomic E-state index is 12.7. The van der Waals surface area contributed by atoms with Crippen molar-refractivity contribution >= 4 is 11.8 Å². The smallest absolute Gasteiger partial charge is 0.237 e. The van der Waals surface area contributed by atoms with E-state index in [-0.39, 0.29) is 48.6 Å². The molecule has 2 aliphatic heterocycles. The van der Waals surface area contributed by atoms with Crippen LogP contribution in [-0.4, -0.2) is 71.5 Å². The minimum atomic E-state index is -0.275. The quantitative estimate of drug-likeness (QED) is 0.670. The number of carbonyl (C=O) groups excluding carboxylic acids is 2. The van der Waals surface area contributed by atoms with Gasteiger partial charge in [-0.1, -0.05) is 0 Å². The molecule has 2 amide bonds. The van der Waals surface area contributed by atoms with Crippen molar-refractivity contribution in [1.29, 1.82) is 10.5 Å². The van der Waals surface area contributed by atoms with E-state index < -0.39 is 0 Å². The molecule has 0 aromatic rings. The molecule has 4 fully saturated rings. The Morgan fingerprint density at radius 1 is 0.933 bits per heavy atom. The van der Waals surface area contributed by atoms with E-state index >= 15 is 0 Å². The number of nitrogens with one attached hydrogen (secondary N) is 2. The Bertz CT molecular complexity index is 758. The van der Waals surface area contributed by atoms with Crippen LogP contribution in [0.1, 0.15) is 57.8 Å². The molecule has 5 atom stereocenters. The van der Waals surface area contributed by atoms with Gasteiger partial charge in [-0.2, -0.15) is 10.5 Å². The molecule has 0 radical (unpaired) electrons. The van der Waals surface area contributed by atoms with Gasteiger partial charge >= 0.3 is 0 Å².